The number of anilines is 2. The number of nitrogens with zero attached hydrogens (tertiary/aromatic N) is 2. The number of hydrogen-bond donors (Lipinski definition) is 0. The summed E-state index contributed by atoms with van der Waals surface area (Å²) in [6, 6.07) is 13.3. The molecule has 0 spiro atoms. The van der Waals surface area contributed by atoms with Gasteiger partial charge in [0, 0.05) is 35.0 Å². The predicted octanol–water partition coefficient (Wildman–Crippen LogP) is 6.57. The second-order valence-corrected chi connectivity index (χ2v) is 8.85. The van der Waals surface area contributed by atoms with E-state index in [9.17, 15) is 13.2 Å². The minimum Gasteiger partial charge on any atom is -0.340 e. The van der Waals surface area contributed by atoms with Crippen molar-refractivity contribution in [3.63, 3.8) is 0 Å². The van der Waals surface area contributed by atoms with Crippen molar-refractivity contribution in [2.24, 2.45) is 0 Å². The molecule has 2 aromatic carbocycles. The van der Waals surface area contributed by atoms with Crippen LogP contribution in [0.25, 0.3) is 0 Å². The Kier molecular flexibility index (Phi) is 5.36. The van der Waals surface area contributed by atoms with Gasteiger partial charge >= 0.3 is 6.18 Å². The van der Waals surface area contributed by atoms with Gasteiger partial charge in [-0.2, -0.15) is 13.2 Å². The lowest BCUT2D eigenvalue weighted by Gasteiger charge is -2.34. The molecule has 1 saturated heterocycles. The summed E-state index contributed by atoms with van der Waals surface area (Å²) in [6.07, 6.45) is -0.962. The maximum absolute atomic E-state index is 13.3. The first-order chi connectivity index (χ1) is 13.3. The smallest absolute Gasteiger partial charge is 0.340 e. The molecule has 2 unspecified atom stereocenters. The van der Waals surface area contributed by atoms with E-state index in [-0.39, 0.29) is 0 Å². The molecule has 6 heteroatoms. The molecule has 2 nitrogen and oxygen atoms in total. The van der Waals surface area contributed by atoms with Crippen LogP contribution in [0.4, 0.5) is 24.5 Å². The fraction of sp³-hybridized carbons (Fsp3) is 0.455. The SMILES string of the molecule is CC1CCC(C)N1CCCN1c2ccccc2Sc2ccc(C(F)(F)F)cc21. The number of hydrogen-bond acceptors (Lipinski definition) is 3. The fourth-order valence-electron chi connectivity index (χ4n) is 4.35. The van der Waals surface area contributed by atoms with E-state index in [4.69, 9.17) is 0 Å². The van der Waals surface area contributed by atoms with Crippen LogP contribution in [-0.2, 0) is 6.18 Å². The van der Waals surface area contributed by atoms with E-state index < -0.39 is 11.7 Å². The Balaban J connectivity index is 1.60. The maximum Gasteiger partial charge on any atom is 0.416 e. The van der Waals surface area contributed by atoms with Gasteiger partial charge in [0.1, 0.15) is 0 Å². The highest BCUT2D eigenvalue weighted by Crippen LogP contribution is 2.49. The topological polar surface area (TPSA) is 6.48 Å². The third kappa shape index (κ3) is 3.77. The van der Waals surface area contributed by atoms with Crippen LogP contribution in [0.1, 0.15) is 38.7 Å². The Morgan fingerprint density at radius 1 is 0.929 bits per heavy atom. The Morgan fingerprint density at radius 3 is 2.32 bits per heavy atom. The van der Waals surface area contributed by atoms with E-state index in [0.717, 1.165) is 28.4 Å². The average molecular weight is 407 g/mol. The number of rotatable bonds is 4. The van der Waals surface area contributed by atoms with Crippen molar-refractivity contribution in [2.75, 3.05) is 18.0 Å². The average Bonchev–Trinajstić information content (AvgIpc) is 2.98. The van der Waals surface area contributed by atoms with Crippen molar-refractivity contribution < 1.29 is 13.2 Å². The van der Waals surface area contributed by atoms with Gasteiger partial charge in [0.2, 0.25) is 0 Å². The lowest BCUT2D eigenvalue weighted by molar-refractivity contribution is -0.137. The predicted molar refractivity (Wildman–Crippen MR) is 108 cm³/mol. The zero-order valence-corrected chi connectivity index (χ0v) is 17.0. The highest BCUT2D eigenvalue weighted by atomic mass is 32.2. The molecule has 0 aliphatic carbocycles. The van der Waals surface area contributed by atoms with Gasteiger partial charge in [0.15, 0.2) is 0 Å². The molecule has 0 N–H and O–H groups in total. The molecule has 0 aromatic heterocycles. The quantitative estimate of drug-likeness (QED) is 0.567. The van der Waals surface area contributed by atoms with Crippen LogP contribution in [0.5, 0.6) is 0 Å². The summed E-state index contributed by atoms with van der Waals surface area (Å²) < 4.78 is 39.9. The molecular weight excluding hydrogens is 381 g/mol. The van der Waals surface area contributed by atoms with Crippen molar-refractivity contribution in [3.05, 3.63) is 48.0 Å². The molecule has 1 fully saturated rings. The van der Waals surface area contributed by atoms with E-state index in [1.165, 1.54) is 25.0 Å². The summed E-state index contributed by atoms with van der Waals surface area (Å²) in [4.78, 5) is 6.58. The van der Waals surface area contributed by atoms with Crippen LogP contribution in [0, 0.1) is 0 Å². The molecule has 2 aliphatic rings. The minimum atomic E-state index is -4.33. The van der Waals surface area contributed by atoms with E-state index in [2.05, 4.69) is 23.6 Å². The van der Waals surface area contributed by atoms with Crippen LogP contribution in [0.15, 0.2) is 52.3 Å². The van der Waals surface area contributed by atoms with Gasteiger partial charge < -0.3 is 4.90 Å². The molecule has 0 radical (unpaired) electrons. The molecule has 150 valence electrons. The summed E-state index contributed by atoms with van der Waals surface area (Å²) in [7, 11) is 0. The summed E-state index contributed by atoms with van der Waals surface area (Å²) in [5.74, 6) is 0. The van der Waals surface area contributed by atoms with Gasteiger partial charge in [0.05, 0.1) is 16.9 Å². The monoisotopic (exact) mass is 406 g/mol. The van der Waals surface area contributed by atoms with E-state index in [1.807, 2.05) is 24.3 Å². The first-order valence-electron chi connectivity index (χ1n) is 9.86. The van der Waals surface area contributed by atoms with Gasteiger partial charge in [0.25, 0.3) is 0 Å². The molecule has 0 saturated carbocycles. The molecular formula is C22H25F3N2S. The standard InChI is InChI=1S/C22H25F3N2S/c1-15-8-9-16(2)26(15)12-5-13-27-18-6-3-4-7-20(18)28-21-11-10-17(14-19(21)27)22(23,24)25/h3-4,6-7,10-11,14-16H,5,8-9,12-13H2,1-2H3. The number of halogens is 3. The third-order valence-electron chi connectivity index (χ3n) is 5.89. The number of alkyl halides is 3. The van der Waals surface area contributed by atoms with Crippen molar-refractivity contribution in [2.45, 2.75) is 61.2 Å². The summed E-state index contributed by atoms with van der Waals surface area (Å²) in [5.41, 5.74) is 1.08. The molecule has 4 rings (SSSR count). The lowest BCUT2D eigenvalue weighted by atomic mass is 10.1. The highest BCUT2D eigenvalue weighted by molar-refractivity contribution is 7.99. The van der Waals surface area contributed by atoms with Crippen LogP contribution in [0.2, 0.25) is 0 Å². The summed E-state index contributed by atoms with van der Waals surface area (Å²) in [5, 5.41) is 0. The van der Waals surface area contributed by atoms with E-state index in [0.29, 0.717) is 24.3 Å². The van der Waals surface area contributed by atoms with Gasteiger partial charge in [-0.3, -0.25) is 4.90 Å². The number of para-hydroxylation sites is 1. The molecule has 2 aromatic rings. The van der Waals surface area contributed by atoms with Crippen molar-refractivity contribution in [1.29, 1.82) is 0 Å². The van der Waals surface area contributed by atoms with Gasteiger partial charge in [-0.05, 0) is 63.4 Å². The second-order valence-electron chi connectivity index (χ2n) is 7.77. The number of fused-ring (bicyclic) bond motifs is 2. The number of likely N-dealkylation sites (tertiary alicyclic amines) is 1. The Hall–Kier alpha value is -1.66. The van der Waals surface area contributed by atoms with E-state index >= 15 is 0 Å². The number of benzene rings is 2. The van der Waals surface area contributed by atoms with Crippen LogP contribution < -0.4 is 4.90 Å². The zero-order chi connectivity index (χ0) is 19.9. The van der Waals surface area contributed by atoms with E-state index in [1.54, 1.807) is 17.8 Å². The lowest BCUT2D eigenvalue weighted by Crippen LogP contribution is -2.35. The molecule has 2 aliphatic heterocycles. The fourth-order valence-corrected chi connectivity index (χ4v) is 5.42. The second kappa shape index (κ2) is 7.64. The minimum absolute atomic E-state index is 0.585. The van der Waals surface area contributed by atoms with Crippen molar-refractivity contribution in [3.8, 4) is 0 Å². The molecule has 0 amide bonds. The Bertz CT molecular complexity index is 842. The van der Waals surface area contributed by atoms with Gasteiger partial charge in [-0.1, -0.05) is 23.9 Å². The molecule has 0 bridgehead atoms. The summed E-state index contributed by atoms with van der Waals surface area (Å²) >= 11 is 1.55. The zero-order valence-electron chi connectivity index (χ0n) is 16.2. The first-order valence-corrected chi connectivity index (χ1v) is 10.7. The Labute approximate surface area is 168 Å². The van der Waals surface area contributed by atoms with Crippen molar-refractivity contribution >= 4 is 23.1 Å². The highest BCUT2D eigenvalue weighted by Gasteiger charge is 2.33. The van der Waals surface area contributed by atoms with Crippen LogP contribution in [-0.4, -0.2) is 30.1 Å². The van der Waals surface area contributed by atoms with Gasteiger partial charge in [-0.15, -0.1) is 0 Å². The van der Waals surface area contributed by atoms with Crippen molar-refractivity contribution in [1.82, 2.24) is 4.90 Å². The molecule has 2 heterocycles. The third-order valence-corrected chi connectivity index (χ3v) is 7.02. The summed E-state index contributed by atoms with van der Waals surface area (Å²) in [6.45, 7) is 6.22. The van der Waals surface area contributed by atoms with Crippen LogP contribution in [0.3, 0.4) is 0 Å². The first kappa shape index (κ1) is 19.6. The van der Waals surface area contributed by atoms with Crippen LogP contribution >= 0.6 is 11.8 Å². The van der Waals surface area contributed by atoms with Gasteiger partial charge in [-0.25, -0.2) is 0 Å². The largest absolute Gasteiger partial charge is 0.416 e. The Morgan fingerprint density at radius 2 is 1.61 bits per heavy atom. The maximum atomic E-state index is 13.3. The molecule has 28 heavy (non-hydrogen) atoms. The molecule has 2 atom stereocenters. The normalized spacial score (nSPS) is 22.2.